The summed E-state index contributed by atoms with van der Waals surface area (Å²) in [6.07, 6.45) is 3.36. The highest BCUT2D eigenvalue weighted by Crippen LogP contribution is 2.28. The van der Waals surface area contributed by atoms with Crippen molar-refractivity contribution in [2.45, 2.75) is 44.3 Å². The number of para-hydroxylation sites is 1. The summed E-state index contributed by atoms with van der Waals surface area (Å²) in [5, 5.41) is 7.24. The second kappa shape index (κ2) is 10.2. The zero-order chi connectivity index (χ0) is 23.4. The molecular formula is C24H29FN6OS. The summed E-state index contributed by atoms with van der Waals surface area (Å²) in [6.45, 7) is 0.132. The highest BCUT2D eigenvalue weighted by Gasteiger charge is 2.28. The standard InChI is InChI=1S/C24H29FN6OS/c1-30(2)22-19-8-4-6-10-21(19)28-23(29-22)27-17-11-13-18(14-12-17)31(33)24(32)26-15-16-7-3-5-9-20(16)25/h3-10,17-18,33H,11-15H2,1-2H3,(H,26,32)(H,27,28,29). The SMILES string of the molecule is CN(C)c1nc(NC2CCC(N(S)C(=O)NCc3ccccc3F)CC2)nc2ccccc12. The molecule has 2 amide bonds. The van der Waals surface area contributed by atoms with E-state index in [0.29, 0.717) is 11.5 Å². The highest BCUT2D eigenvalue weighted by molar-refractivity contribution is 7.78. The molecule has 0 bridgehead atoms. The molecule has 1 fully saturated rings. The molecule has 7 nitrogen and oxygen atoms in total. The molecule has 1 aromatic heterocycles. The second-order valence-corrected chi connectivity index (χ2v) is 8.96. The van der Waals surface area contributed by atoms with Crippen LogP contribution in [0.5, 0.6) is 0 Å². The molecule has 1 aliphatic carbocycles. The predicted molar refractivity (Wildman–Crippen MR) is 133 cm³/mol. The highest BCUT2D eigenvalue weighted by atomic mass is 32.1. The van der Waals surface area contributed by atoms with Gasteiger partial charge < -0.3 is 15.5 Å². The van der Waals surface area contributed by atoms with Crippen LogP contribution in [-0.2, 0) is 6.54 Å². The number of hydrogen-bond acceptors (Lipinski definition) is 6. The first-order valence-electron chi connectivity index (χ1n) is 11.1. The molecule has 0 atom stereocenters. The van der Waals surface area contributed by atoms with Gasteiger partial charge in [-0.2, -0.15) is 4.98 Å². The molecule has 1 heterocycles. The van der Waals surface area contributed by atoms with E-state index in [1.165, 1.54) is 10.4 Å². The Balaban J connectivity index is 1.32. The van der Waals surface area contributed by atoms with Crippen LogP contribution >= 0.6 is 12.8 Å². The number of nitrogens with zero attached hydrogens (tertiary/aromatic N) is 4. The number of nitrogens with one attached hydrogen (secondary N) is 2. The van der Waals surface area contributed by atoms with E-state index in [4.69, 9.17) is 4.98 Å². The topological polar surface area (TPSA) is 73.4 Å². The molecule has 2 N–H and O–H groups in total. The number of carbonyl (C=O) groups excluding carboxylic acids is 1. The van der Waals surface area contributed by atoms with E-state index in [1.807, 2.05) is 43.3 Å². The molecule has 2 aromatic carbocycles. The van der Waals surface area contributed by atoms with Crippen LogP contribution in [0, 0.1) is 5.82 Å². The number of carbonyl (C=O) groups is 1. The van der Waals surface area contributed by atoms with Gasteiger partial charge in [0, 0.05) is 43.7 Å². The lowest BCUT2D eigenvalue weighted by molar-refractivity contribution is 0.204. The fraction of sp³-hybridized carbons (Fsp3) is 0.375. The lowest BCUT2D eigenvalue weighted by atomic mass is 9.91. The van der Waals surface area contributed by atoms with Crippen molar-refractivity contribution in [3.8, 4) is 0 Å². The van der Waals surface area contributed by atoms with Crippen molar-refractivity contribution in [1.29, 1.82) is 0 Å². The minimum Gasteiger partial charge on any atom is -0.362 e. The van der Waals surface area contributed by atoms with Crippen LogP contribution in [0.1, 0.15) is 31.2 Å². The number of aromatic nitrogens is 2. The van der Waals surface area contributed by atoms with E-state index < -0.39 is 0 Å². The number of halogens is 1. The van der Waals surface area contributed by atoms with Crippen LogP contribution in [0.2, 0.25) is 0 Å². The average Bonchev–Trinajstić information content (AvgIpc) is 2.82. The number of hydrogen-bond donors (Lipinski definition) is 3. The van der Waals surface area contributed by atoms with Crippen LogP contribution in [0.3, 0.4) is 0 Å². The van der Waals surface area contributed by atoms with Crippen LogP contribution in [0.15, 0.2) is 48.5 Å². The summed E-state index contributed by atoms with van der Waals surface area (Å²) in [4.78, 5) is 23.9. The van der Waals surface area contributed by atoms with Gasteiger partial charge in [-0.1, -0.05) is 43.1 Å². The number of rotatable bonds is 6. The van der Waals surface area contributed by atoms with Crippen LogP contribution < -0.4 is 15.5 Å². The third-order valence-electron chi connectivity index (χ3n) is 5.98. The van der Waals surface area contributed by atoms with Gasteiger partial charge in [0.05, 0.1) is 5.52 Å². The van der Waals surface area contributed by atoms with E-state index in [2.05, 4.69) is 28.4 Å². The van der Waals surface area contributed by atoms with Crippen molar-refractivity contribution in [3.63, 3.8) is 0 Å². The summed E-state index contributed by atoms with van der Waals surface area (Å²) in [6, 6.07) is 14.3. The van der Waals surface area contributed by atoms with Gasteiger partial charge in [0.2, 0.25) is 5.95 Å². The molecule has 0 radical (unpaired) electrons. The van der Waals surface area contributed by atoms with Gasteiger partial charge in [-0.15, -0.1) is 0 Å². The minimum atomic E-state index is -0.330. The van der Waals surface area contributed by atoms with Crippen molar-refractivity contribution < 1.29 is 9.18 Å². The number of anilines is 2. The van der Waals surface area contributed by atoms with Gasteiger partial charge in [-0.25, -0.2) is 14.2 Å². The van der Waals surface area contributed by atoms with Gasteiger partial charge >= 0.3 is 6.03 Å². The lowest BCUT2D eigenvalue weighted by Gasteiger charge is -2.34. The number of thiol groups is 1. The molecule has 0 spiro atoms. The Morgan fingerprint density at radius 2 is 1.76 bits per heavy atom. The average molecular weight is 469 g/mol. The second-order valence-electron chi connectivity index (χ2n) is 8.53. The van der Waals surface area contributed by atoms with Gasteiger partial charge in [0.25, 0.3) is 0 Å². The molecular weight excluding hydrogens is 439 g/mol. The molecule has 0 unspecified atom stereocenters. The Bertz CT molecular complexity index is 1120. The minimum absolute atomic E-state index is 0.0156. The Hall–Kier alpha value is -3.07. The van der Waals surface area contributed by atoms with Gasteiger partial charge in [0.1, 0.15) is 11.6 Å². The van der Waals surface area contributed by atoms with Crippen LogP contribution in [0.4, 0.5) is 21.0 Å². The zero-order valence-electron chi connectivity index (χ0n) is 18.8. The smallest absolute Gasteiger partial charge is 0.327 e. The van der Waals surface area contributed by atoms with E-state index in [1.54, 1.807) is 18.2 Å². The molecule has 1 saturated carbocycles. The summed E-state index contributed by atoms with van der Waals surface area (Å²) in [7, 11) is 3.95. The predicted octanol–water partition coefficient (Wildman–Crippen LogP) is 4.61. The van der Waals surface area contributed by atoms with Crippen LogP contribution in [0.25, 0.3) is 10.9 Å². The maximum absolute atomic E-state index is 13.8. The molecule has 33 heavy (non-hydrogen) atoms. The summed E-state index contributed by atoms with van der Waals surface area (Å²) >= 11 is 4.42. The Labute approximate surface area is 198 Å². The molecule has 3 aromatic rings. The Morgan fingerprint density at radius 1 is 1.06 bits per heavy atom. The quantitative estimate of drug-likeness (QED) is 0.461. The van der Waals surface area contributed by atoms with Crippen molar-refractivity contribution in [3.05, 3.63) is 59.9 Å². The largest absolute Gasteiger partial charge is 0.362 e. The van der Waals surface area contributed by atoms with Crippen molar-refractivity contribution in [2.75, 3.05) is 24.3 Å². The molecule has 1 aliphatic rings. The summed E-state index contributed by atoms with van der Waals surface area (Å²) in [5.41, 5.74) is 1.36. The summed E-state index contributed by atoms with van der Waals surface area (Å²) in [5.74, 6) is 1.17. The maximum atomic E-state index is 13.8. The molecule has 174 valence electrons. The fourth-order valence-corrected chi connectivity index (χ4v) is 4.47. The van der Waals surface area contributed by atoms with Crippen LogP contribution in [-0.4, -0.2) is 46.5 Å². The van der Waals surface area contributed by atoms with Gasteiger partial charge in [-0.3, -0.25) is 4.31 Å². The van der Waals surface area contributed by atoms with Crippen molar-refractivity contribution in [2.24, 2.45) is 0 Å². The van der Waals surface area contributed by atoms with Gasteiger partial charge in [0.15, 0.2) is 0 Å². The monoisotopic (exact) mass is 468 g/mol. The van der Waals surface area contributed by atoms with Crippen molar-refractivity contribution >= 4 is 41.5 Å². The normalized spacial score (nSPS) is 18.1. The first-order valence-corrected chi connectivity index (χ1v) is 11.5. The molecule has 9 heteroatoms. The van der Waals surface area contributed by atoms with Gasteiger partial charge in [-0.05, 0) is 43.9 Å². The lowest BCUT2D eigenvalue weighted by Crippen LogP contribution is -2.43. The van der Waals surface area contributed by atoms with Crippen molar-refractivity contribution in [1.82, 2.24) is 19.6 Å². The third kappa shape index (κ3) is 5.47. The van der Waals surface area contributed by atoms with E-state index in [-0.39, 0.29) is 30.5 Å². The molecule has 0 aliphatic heterocycles. The van der Waals surface area contributed by atoms with E-state index >= 15 is 0 Å². The van der Waals surface area contributed by atoms with E-state index in [0.717, 1.165) is 42.4 Å². The molecule has 4 rings (SSSR count). The maximum Gasteiger partial charge on any atom is 0.327 e. The number of benzene rings is 2. The summed E-state index contributed by atoms with van der Waals surface area (Å²) < 4.78 is 15.2. The molecule has 0 saturated heterocycles. The third-order valence-corrected chi connectivity index (χ3v) is 6.49. The van der Waals surface area contributed by atoms with E-state index in [9.17, 15) is 9.18 Å². The number of urea groups is 1. The first-order chi connectivity index (χ1) is 15.9. The fourth-order valence-electron chi connectivity index (χ4n) is 4.17. The Morgan fingerprint density at radius 3 is 2.48 bits per heavy atom. The Kier molecular flexibility index (Phi) is 7.17. The first kappa shape index (κ1) is 23.1. The number of fused-ring (bicyclic) bond motifs is 1. The number of amides is 2. The zero-order valence-corrected chi connectivity index (χ0v) is 19.7.